The van der Waals surface area contributed by atoms with E-state index >= 15 is 0 Å². The molecule has 0 saturated carbocycles. The Kier molecular flexibility index (Phi) is 2.24. The summed E-state index contributed by atoms with van der Waals surface area (Å²) in [6.45, 7) is 2.65. The van der Waals surface area contributed by atoms with Gasteiger partial charge >= 0.3 is 0 Å². The normalized spacial score (nSPS) is 25.0. The first kappa shape index (κ1) is 9.89. The Bertz CT molecular complexity index is 419. The highest BCUT2D eigenvalue weighted by Gasteiger charge is 2.35. The highest BCUT2D eigenvalue weighted by atomic mass is 32.1. The Morgan fingerprint density at radius 1 is 1.50 bits per heavy atom. The average Bonchev–Trinajstić information content (AvgIpc) is 2.86. The predicted octanol–water partition coefficient (Wildman–Crippen LogP) is 0.536. The van der Waals surface area contributed by atoms with E-state index in [9.17, 15) is 4.79 Å². The molecule has 0 spiro atoms. The number of anilines is 2. The van der Waals surface area contributed by atoms with Crippen molar-refractivity contribution in [3.8, 4) is 0 Å². The molecule has 3 heterocycles. The lowest BCUT2D eigenvalue weighted by molar-refractivity contribution is -0.129. The van der Waals surface area contributed by atoms with Crippen LogP contribution in [0.1, 0.15) is 12.8 Å². The zero-order valence-electron chi connectivity index (χ0n) is 8.93. The van der Waals surface area contributed by atoms with Crippen LogP contribution in [-0.4, -0.2) is 40.9 Å². The Balaban J connectivity index is 1.75. The number of carbonyl (C=O) groups is 1. The number of nitrogens with two attached hydrogens (primary N) is 1. The first-order valence-electron chi connectivity index (χ1n) is 5.50. The minimum Gasteiger partial charge on any atom is -0.383 e. The first-order chi connectivity index (χ1) is 7.74. The summed E-state index contributed by atoms with van der Waals surface area (Å²) in [5, 5.41) is 1.12. The van der Waals surface area contributed by atoms with E-state index in [4.69, 9.17) is 5.73 Å². The number of hydrogen-bond acceptors (Lipinski definition) is 5. The van der Waals surface area contributed by atoms with Gasteiger partial charge in [0.05, 0.1) is 0 Å². The molecule has 2 aliphatic heterocycles. The van der Waals surface area contributed by atoms with Gasteiger partial charge < -0.3 is 15.5 Å². The number of fused-ring (bicyclic) bond motifs is 1. The number of aromatic nitrogens is 1. The number of rotatable bonds is 1. The molecule has 0 aliphatic carbocycles. The van der Waals surface area contributed by atoms with Gasteiger partial charge in [0.15, 0.2) is 0 Å². The maximum absolute atomic E-state index is 11.5. The SMILES string of the molecule is Nc1cc(N2CCN3C(=O)CCC3C2)sn1. The summed E-state index contributed by atoms with van der Waals surface area (Å²) in [6, 6.07) is 2.31. The van der Waals surface area contributed by atoms with E-state index in [1.807, 2.05) is 11.0 Å². The molecule has 5 nitrogen and oxygen atoms in total. The van der Waals surface area contributed by atoms with Crippen molar-refractivity contribution in [1.82, 2.24) is 9.27 Å². The minimum absolute atomic E-state index is 0.313. The second-order valence-corrected chi connectivity index (χ2v) is 5.10. The van der Waals surface area contributed by atoms with Crippen molar-refractivity contribution in [2.45, 2.75) is 18.9 Å². The van der Waals surface area contributed by atoms with Crippen molar-refractivity contribution in [2.75, 3.05) is 30.3 Å². The second kappa shape index (κ2) is 3.62. The van der Waals surface area contributed by atoms with Gasteiger partial charge in [0.2, 0.25) is 5.91 Å². The van der Waals surface area contributed by atoms with Crippen LogP contribution >= 0.6 is 11.5 Å². The molecular formula is C10H14N4OS. The van der Waals surface area contributed by atoms with Gasteiger partial charge in [-0.2, -0.15) is 4.37 Å². The average molecular weight is 238 g/mol. The van der Waals surface area contributed by atoms with Crippen LogP contribution < -0.4 is 10.6 Å². The predicted molar refractivity (Wildman–Crippen MR) is 63.5 cm³/mol. The van der Waals surface area contributed by atoms with E-state index in [2.05, 4.69) is 9.27 Å². The molecule has 1 aromatic rings. The van der Waals surface area contributed by atoms with Crippen LogP contribution in [0.15, 0.2) is 6.07 Å². The summed E-state index contributed by atoms with van der Waals surface area (Å²) in [5.41, 5.74) is 5.62. The quantitative estimate of drug-likeness (QED) is 0.775. The van der Waals surface area contributed by atoms with E-state index in [-0.39, 0.29) is 0 Å². The third-order valence-corrected chi connectivity index (χ3v) is 4.19. The lowest BCUT2D eigenvalue weighted by Gasteiger charge is -2.37. The van der Waals surface area contributed by atoms with Crippen molar-refractivity contribution in [1.29, 1.82) is 0 Å². The van der Waals surface area contributed by atoms with Crippen LogP contribution in [0.4, 0.5) is 10.8 Å². The summed E-state index contributed by atoms with van der Waals surface area (Å²) in [5.74, 6) is 0.901. The van der Waals surface area contributed by atoms with Gasteiger partial charge in [-0.05, 0) is 18.0 Å². The fraction of sp³-hybridized carbons (Fsp3) is 0.600. The van der Waals surface area contributed by atoms with Crippen LogP contribution in [0, 0.1) is 0 Å². The molecule has 1 atom stereocenters. The van der Waals surface area contributed by atoms with Gasteiger partial charge in [0.25, 0.3) is 0 Å². The topological polar surface area (TPSA) is 62.5 Å². The minimum atomic E-state index is 0.313. The molecule has 0 radical (unpaired) electrons. The van der Waals surface area contributed by atoms with Crippen LogP contribution in [0.2, 0.25) is 0 Å². The van der Waals surface area contributed by atoms with Gasteiger partial charge in [0, 0.05) is 38.2 Å². The molecule has 1 unspecified atom stereocenters. The van der Waals surface area contributed by atoms with E-state index in [0.717, 1.165) is 31.1 Å². The number of nitrogens with zero attached hydrogens (tertiary/aromatic N) is 3. The molecule has 2 saturated heterocycles. The molecule has 0 bridgehead atoms. The summed E-state index contributed by atoms with van der Waals surface area (Å²) in [6.07, 6.45) is 1.70. The molecule has 0 aromatic carbocycles. The number of carbonyl (C=O) groups excluding carboxylic acids is 1. The molecular weight excluding hydrogens is 224 g/mol. The number of amides is 1. The molecule has 2 N–H and O–H groups in total. The van der Waals surface area contributed by atoms with E-state index in [1.54, 1.807) is 0 Å². The summed E-state index contributed by atoms with van der Waals surface area (Å²) >= 11 is 1.44. The molecule has 2 aliphatic rings. The summed E-state index contributed by atoms with van der Waals surface area (Å²) < 4.78 is 4.09. The number of hydrogen-bond donors (Lipinski definition) is 1. The van der Waals surface area contributed by atoms with Crippen LogP contribution in [0.25, 0.3) is 0 Å². The lowest BCUT2D eigenvalue weighted by Crippen LogP contribution is -2.51. The fourth-order valence-electron chi connectivity index (χ4n) is 2.49. The third-order valence-electron chi connectivity index (χ3n) is 3.32. The highest BCUT2D eigenvalue weighted by Crippen LogP contribution is 2.29. The standard InChI is InChI=1S/C10H14N4OS/c11-8-5-10(16-12-8)13-3-4-14-7(6-13)1-2-9(14)15/h5,7H,1-4,6H2,(H2,11,12). The molecule has 1 aromatic heterocycles. The van der Waals surface area contributed by atoms with Gasteiger partial charge in [-0.1, -0.05) is 0 Å². The van der Waals surface area contributed by atoms with E-state index in [0.29, 0.717) is 24.2 Å². The van der Waals surface area contributed by atoms with Crippen molar-refractivity contribution < 1.29 is 4.79 Å². The lowest BCUT2D eigenvalue weighted by atomic mass is 10.1. The van der Waals surface area contributed by atoms with Crippen LogP contribution in [0.5, 0.6) is 0 Å². The second-order valence-electron chi connectivity index (χ2n) is 4.32. The zero-order chi connectivity index (χ0) is 11.1. The van der Waals surface area contributed by atoms with Crippen molar-refractivity contribution in [3.63, 3.8) is 0 Å². The van der Waals surface area contributed by atoms with Crippen molar-refractivity contribution in [3.05, 3.63) is 6.07 Å². The smallest absolute Gasteiger partial charge is 0.223 e. The molecule has 2 fully saturated rings. The van der Waals surface area contributed by atoms with Gasteiger partial charge in [-0.15, -0.1) is 0 Å². The number of nitrogen functional groups attached to an aromatic ring is 1. The Labute approximate surface area is 98.0 Å². The van der Waals surface area contributed by atoms with Gasteiger partial charge in [-0.25, -0.2) is 0 Å². The molecule has 3 rings (SSSR count). The maximum atomic E-state index is 11.5. The van der Waals surface area contributed by atoms with Crippen LogP contribution in [0.3, 0.4) is 0 Å². The van der Waals surface area contributed by atoms with Crippen LogP contribution in [-0.2, 0) is 4.79 Å². The molecule has 16 heavy (non-hydrogen) atoms. The summed E-state index contributed by atoms with van der Waals surface area (Å²) in [7, 11) is 0. The molecule has 86 valence electrons. The van der Waals surface area contributed by atoms with E-state index in [1.165, 1.54) is 11.5 Å². The largest absolute Gasteiger partial charge is 0.383 e. The number of piperazine rings is 1. The van der Waals surface area contributed by atoms with Crippen molar-refractivity contribution in [2.24, 2.45) is 0 Å². The Hall–Kier alpha value is -1.30. The monoisotopic (exact) mass is 238 g/mol. The summed E-state index contributed by atoms with van der Waals surface area (Å²) in [4.78, 5) is 15.8. The fourth-order valence-corrected chi connectivity index (χ4v) is 3.20. The third kappa shape index (κ3) is 1.53. The molecule has 6 heteroatoms. The maximum Gasteiger partial charge on any atom is 0.223 e. The molecule has 1 amide bonds. The Morgan fingerprint density at radius 2 is 2.38 bits per heavy atom. The van der Waals surface area contributed by atoms with Crippen molar-refractivity contribution >= 4 is 28.3 Å². The highest BCUT2D eigenvalue weighted by molar-refractivity contribution is 7.10. The van der Waals surface area contributed by atoms with Gasteiger partial charge in [0.1, 0.15) is 10.8 Å². The van der Waals surface area contributed by atoms with Gasteiger partial charge in [-0.3, -0.25) is 4.79 Å². The van der Waals surface area contributed by atoms with E-state index < -0.39 is 0 Å². The Morgan fingerprint density at radius 3 is 3.12 bits per heavy atom. The first-order valence-corrected chi connectivity index (χ1v) is 6.28. The zero-order valence-corrected chi connectivity index (χ0v) is 9.74.